The maximum atomic E-state index is 4.28. The molecule has 0 saturated heterocycles. The van der Waals surface area contributed by atoms with Crippen molar-refractivity contribution in [1.29, 1.82) is 0 Å². The first-order valence-electron chi connectivity index (χ1n) is 5.11. The molecule has 0 radical (unpaired) electrons. The van der Waals surface area contributed by atoms with E-state index in [4.69, 9.17) is 0 Å². The van der Waals surface area contributed by atoms with Crippen molar-refractivity contribution in [2.45, 2.75) is 6.92 Å². The molecule has 0 spiro atoms. The van der Waals surface area contributed by atoms with Crippen LogP contribution in [-0.2, 0) is 0 Å². The largest absolute Gasteiger partial charge is 0.257 e. The minimum atomic E-state index is 0.989. The number of aromatic nitrogens is 1. The van der Waals surface area contributed by atoms with E-state index in [0.717, 1.165) is 10.2 Å². The van der Waals surface area contributed by atoms with Gasteiger partial charge in [-0.25, -0.2) is 0 Å². The van der Waals surface area contributed by atoms with Gasteiger partial charge in [-0.1, -0.05) is 34.1 Å². The molecule has 1 aromatic heterocycles. The van der Waals surface area contributed by atoms with Crippen molar-refractivity contribution in [3.63, 3.8) is 0 Å². The van der Waals surface area contributed by atoms with E-state index in [1.165, 1.54) is 11.1 Å². The second-order valence-corrected chi connectivity index (χ2v) is 4.50. The summed E-state index contributed by atoms with van der Waals surface area (Å²) in [4.78, 5) is 4.28. The smallest absolute Gasteiger partial charge is 0.0632 e. The van der Waals surface area contributed by atoms with Gasteiger partial charge in [-0.05, 0) is 48.4 Å². The molecule has 2 heteroatoms. The second-order valence-electron chi connectivity index (χ2n) is 3.59. The fourth-order valence-corrected chi connectivity index (χ4v) is 1.74. The second kappa shape index (κ2) is 5.08. The van der Waals surface area contributed by atoms with E-state index in [0.29, 0.717) is 0 Å². The van der Waals surface area contributed by atoms with Crippen molar-refractivity contribution >= 4 is 27.6 Å². The third-order valence-electron chi connectivity index (χ3n) is 2.35. The fraction of sp³-hybridized carbons (Fsp3) is 0.0714. The number of hydrogen-bond acceptors (Lipinski definition) is 1. The standard InChI is InChI=1S/C14H12BrN/c1-11(10-14-4-2-3-9-16-14)12-5-7-13(15)8-6-12/h2-10H,1H3. The van der Waals surface area contributed by atoms with Crippen LogP contribution >= 0.6 is 15.9 Å². The van der Waals surface area contributed by atoms with Crippen LogP contribution in [-0.4, -0.2) is 4.98 Å². The minimum absolute atomic E-state index is 0.989. The molecular formula is C14H12BrN. The normalized spacial score (nSPS) is 11.5. The quantitative estimate of drug-likeness (QED) is 0.790. The topological polar surface area (TPSA) is 12.9 Å². The Balaban J connectivity index is 2.28. The Morgan fingerprint density at radius 1 is 1.12 bits per heavy atom. The molecule has 0 fully saturated rings. The first-order valence-corrected chi connectivity index (χ1v) is 5.90. The molecule has 16 heavy (non-hydrogen) atoms. The highest BCUT2D eigenvalue weighted by atomic mass is 79.9. The molecule has 1 aromatic carbocycles. The van der Waals surface area contributed by atoms with Gasteiger partial charge in [0.05, 0.1) is 5.69 Å². The number of rotatable bonds is 2. The molecule has 0 aliphatic rings. The Hall–Kier alpha value is -1.41. The van der Waals surface area contributed by atoms with Crippen LogP contribution < -0.4 is 0 Å². The van der Waals surface area contributed by atoms with Crippen LogP contribution in [0.25, 0.3) is 11.6 Å². The van der Waals surface area contributed by atoms with Gasteiger partial charge < -0.3 is 0 Å². The van der Waals surface area contributed by atoms with E-state index in [-0.39, 0.29) is 0 Å². The molecule has 1 nitrogen and oxygen atoms in total. The van der Waals surface area contributed by atoms with Gasteiger partial charge in [-0.2, -0.15) is 0 Å². The van der Waals surface area contributed by atoms with Gasteiger partial charge in [0.15, 0.2) is 0 Å². The summed E-state index contributed by atoms with van der Waals surface area (Å²) in [7, 11) is 0. The summed E-state index contributed by atoms with van der Waals surface area (Å²) in [5, 5.41) is 0. The van der Waals surface area contributed by atoms with Crippen molar-refractivity contribution < 1.29 is 0 Å². The van der Waals surface area contributed by atoms with E-state index in [2.05, 4.69) is 46.0 Å². The van der Waals surface area contributed by atoms with Crippen LogP contribution in [0.15, 0.2) is 53.1 Å². The van der Waals surface area contributed by atoms with Gasteiger partial charge in [-0.15, -0.1) is 0 Å². The molecule has 0 N–H and O–H groups in total. The van der Waals surface area contributed by atoms with Gasteiger partial charge in [0.25, 0.3) is 0 Å². The zero-order chi connectivity index (χ0) is 11.4. The van der Waals surface area contributed by atoms with E-state index < -0.39 is 0 Å². The minimum Gasteiger partial charge on any atom is -0.257 e. The van der Waals surface area contributed by atoms with Crippen molar-refractivity contribution in [3.8, 4) is 0 Å². The summed E-state index contributed by atoms with van der Waals surface area (Å²) in [6.45, 7) is 2.10. The maximum Gasteiger partial charge on any atom is 0.0632 e. The average molecular weight is 274 g/mol. The van der Waals surface area contributed by atoms with E-state index in [1.54, 1.807) is 6.20 Å². The zero-order valence-corrected chi connectivity index (χ0v) is 10.6. The summed E-state index contributed by atoms with van der Waals surface area (Å²) in [5.41, 5.74) is 3.42. The number of allylic oxidation sites excluding steroid dienone is 1. The number of pyridine rings is 1. The van der Waals surface area contributed by atoms with Gasteiger partial charge in [0, 0.05) is 10.7 Å². The molecule has 0 amide bonds. The summed E-state index contributed by atoms with van der Waals surface area (Å²) < 4.78 is 1.10. The summed E-state index contributed by atoms with van der Waals surface area (Å²) in [5.74, 6) is 0. The highest BCUT2D eigenvalue weighted by Crippen LogP contribution is 2.19. The monoisotopic (exact) mass is 273 g/mol. The molecule has 0 aliphatic heterocycles. The molecule has 2 aromatic rings. The lowest BCUT2D eigenvalue weighted by atomic mass is 10.1. The lowest BCUT2D eigenvalue weighted by Gasteiger charge is -2.01. The van der Waals surface area contributed by atoms with Crippen LogP contribution in [0.2, 0.25) is 0 Å². The van der Waals surface area contributed by atoms with Crippen molar-refractivity contribution in [1.82, 2.24) is 4.98 Å². The van der Waals surface area contributed by atoms with Crippen LogP contribution in [0.5, 0.6) is 0 Å². The lowest BCUT2D eigenvalue weighted by molar-refractivity contribution is 1.29. The molecule has 0 atom stereocenters. The third kappa shape index (κ3) is 2.80. The summed E-state index contributed by atoms with van der Waals surface area (Å²) >= 11 is 3.43. The van der Waals surface area contributed by atoms with Crippen LogP contribution in [0, 0.1) is 0 Å². The van der Waals surface area contributed by atoms with E-state index >= 15 is 0 Å². The Labute approximate surface area is 104 Å². The SMILES string of the molecule is CC(=Cc1ccccn1)c1ccc(Br)cc1. The Kier molecular flexibility index (Phi) is 3.52. The first-order chi connectivity index (χ1) is 7.75. The predicted octanol–water partition coefficient (Wildman–Crippen LogP) is 4.40. The van der Waals surface area contributed by atoms with Gasteiger partial charge in [0.1, 0.15) is 0 Å². The van der Waals surface area contributed by atoms with Crippen LogP contribution in [0.3, 0.4) is 0 Å². The number of hydrogen-bond donors (Lipinski definition) is 0. The zero-order valence-electron chi connectivity index (χ0n) is 9.02. The number of halogens is 1. The number of nitrogens with zero attached hydrogens (tertiary/aromatic N) is 1. The van der Waals surface area contributed by atoms with Crippen LogP contribution in [0.1, 0.15) is 18.2 Å². The van der Waals surface area contributed by atoms with Crippen molar-refractivity contribution in [3.05, 3.63) is 64.4 Å². The van der Waals surface area contributed by atoms with Crippen LogP contribution in [0.4, 0.5) is 0 Å². The molecule has 0 bridgehead atoms. The third-order valence-corrected chi connectivity index (χ3v) is 2.88. The molecule has 0 unspecified atom stereocenters. The van der Waals surface area contributed by atoms with Gasteiger partial charge >= 0.3 is 0 Å². The fourth-order valence-electron chi connectivity index (χ4n) is 1.48. The average Bonchev–Trinajstić information content (AvgIpc) is 2.31. The molecular weight excluding hydrogens is 262 g/mol. The Bertz CT molecular complexity index is 486. The van der Waals surface area contributed by atoms with E-state index in [1.807, 2.05) is 30.3 Å². The highest BCUT2D eigenvalue weighted by molar-refractivity contribution is 9.10. The van der Waals surface area contributed by atoms with Crippen molar-refractivity contribution in [2.75, 3.05) is 0 Å². The molecule has 1 heterocycles. The predicted molar refractivity (Wildman–Crippen MR) is 71.9 cm³/mol. The Morgan fingerprint density at radius 2 is 1.88 bits per heavy atom. The summed E-state index contributed by atoms with van der Waals surface area (Å²) in [6, 6.07) is 14.2. The molecule has 80 valence electrons. The molecule has 0 saturated carbocycles. The Morgan fingerprint density at radius 3 is 2.50 bits per heavy atom. The van der Waals surface area contributed by atoms with Crippen molar-refractivity contribution in [2.24, 2.45) is 0 Å². The molecule has 2 rings (SSSR count). The lowest BCUT2D eigenvalue weighted by Crippen LogP contribution is -1.82. The van der Waals surface area contributed by atoms with Gasteiger partial charge in [0.2, 0.25) is 0 Å². The maximum absolute atomic E-state index is 4.28. The van der Waals surface area contributed by atoms with E-state index in [9.17, 15) is 0 Å². The summed E-state index contributed by atoms with van der Waals surface area (Å²) in [6.07, 6.45) is 3.89. The first kappa shape index (κ1) is 11.1. The number of benzene rings is 1. The highest BCUT2D eigenvalue weighted by Gasteiger charge is 1.96. The molecule has 0 aliphatic carbocycles. The van der Waals surface area contributed by atoms with Gasteiger partial charge in [-0.3, -0.25) is 4.98 Å².